The number of ether oxygens (including phenoxy) is 1. The van der Waals surface area contributed by atoms with Gasteiger partial charge in [0.05, 0.1) is 5.69 Å². The Morgan fingerprint density at radius 1 is 1.31 bits per heavy atom. The van der Waals surface area contributed by atoms with E-state index in [1.54, 1.807) is 6.20 Å². The number of carbonyl (C=O) groups is 2. The maximum atomic E-state index is 12.5. The Kier molecular flexibility index (Phi) is 5.55. The molecule has 1 atom stereocenters. The van der Waals surface area contributed by atoms with E-state index in [1.165, 1.54) is 4.68 Å². The number of carboxylic acids is 1. The predicted octanol–water partition coefficient (Wildman–Crippen LogP) is 2.06. The van der Waals surface area contributed by atoms with Crippen molar-refractivity contribution in [3.63, 3.8) is 0 Å². The van der Waals surface area contributed by atoms with E-state index in [1.807, 2.05) is 42.2 Å². The zero-order valence-corrected chi connectivity index (χ0v) is 14.8. The molecule has 1 amide bonds. The largest absolute Gasteiger partial charge is 0.484 e. The molecule has 0 aliphatic carbocycles. The molecule has 7 heteroatoms. The molecule has 2 heterocycles. The summed E-state index contributed by atoms with van der Waals surface area (Å²) in [5.74, 6) is -0.112. The number of rotatable bonds is 6. The summed E-state index contributed by atoms with van der Waals surface area (Å²) in [5.41, 5.74) is 1.84. The van der Waals surface area contributed by atoms with Crippen molar-refractivity contribution in [2.24, 2.45) is 0 Å². The number of aliphatic carboxylic acids is 1. The topological polar surface area (TPSA) is 84.7 Å². The molecule has 0 saturated carbocycles. The van der Waals surface area contributed by atoms with E-state index in [0.29, 0.717) is 13.1 Å². The van der Waals surface area contributed by atoms with Crippen molar-refractivity contribution in [2.75, 3.05) is 19.7 Å². The highest BCUT2D eigenvalue weighted by Gasteiger charge is 2.26. The highest BCUT2D eigenvalue weighted by atomic mass is 16.5. The fourth-order valence-corrected chi connectivity index (χ4v) is 3.22. The molecule has 7 nitrogen and oxygen atoms in total. The molecular formula is C19H23N3O4. The van der Waals surface area contributed by atoms with E-state index in [4.69, 9.17) is 9.84 Å². The highest BCUT2D eigenvalue weighted by molar-refractivity contribution is 5.78. The Balaban J connectivity index is 1.57. The summed E-state index contributed by atoms with van der Waals surface area (Å²) in [7, 11) is 0. The van der Waals surface area contributed by atoms with Crippen LogP contribution in [0.2, 0.25) is 0 Å². The van der Waals surface area contributed by atoms with Crippen LogP contribution in [0.4, 0.5) is 0 Å². The van der Waals surface area contributed by atoms with Gasteiger partial charge in [0, 0.05) is 25.2 Å². The van der Waals surface area contributed by atoms with Gasteiger partial charge in [-0.05, 0) is 37.5 Å². The second-order valence-corrected chi connectivity index (χ2v) is 6.56. The van der Waals surface area contributed by atoms with Crippen LogP contribution in [-0.2, 0) is 16.1 Å². The quantitative estimate of drug-likeness (QED) is 0.855. The van der Waals surface area contributed by atoms with Crippen LogP contribution >= 0.6 is 0 Å². The van der Waals surface area contributed by atoms with Crippen LogP contribution in [0.25, 0.3) is 0 Å². The first kappa shape index (κ1) is 18.0. The number of carboxylic acid groups (broad SMARTS) is 1. The van der Waals surface area contributed by atoms with Crippen molar-refractivity contribution in [2.45, 2.75) is 32.2 Å². The molecule has 1 aromatic carbocycles. The summed E-state index contributed by atoms with van der Waals surface area (Å²) < 4.78 is 7.08. The van der Waals surface area contributed by atoms with Gasteiger partial charge in [0.2, 0.25) is 0 Å². The van der Waals surface area contributed by atoms with Gasteiger partial charge in [0.1, 0.15) is 12.3 Å². The van der Waals surface area contributed by atoms with Crippen LogP contribution in [-0.4, -0.2) is 51.4 Å². The third-order valence-electron chi connectivity index (χ3n) is 4.60. The molecule has 26 heavy (non-hydrogen) atoms. The van der Waals surface area contributed by atoms with Gasteiger partial charge in [-0.1, -0.05) is 18.2 Å². The lowest BCUT2D eigenvalue weighted by atomic mass is 9.95. The zero-order valence-electron chi connectivity index (χ0n) is 14.8. The van der Waals surface area contributed by atoms with E-state index in [9.17, 15) is 9.59 Å². The maximum absolute atomic E-state index is 12.5. The van der Waals surface area contributed by atoms with Crippen molar-refractivity contribution in [3.05, 3.63) is 47.8 Å². The van der Waals surface area contributed by atoms with Crippen LogP contribution in [0, 0.1) is 6.92 Å². The molecule has 0 spiro atoms. The van der Waals surface area contributed by atoms with Gasteiger partial charge >= 0.3 is 5.97 Å². The summed E-state index contributed by atoms with van der Waals surface area (Å²) in [4.78, 5) is 25.1. The maximum Gasteiger partial charge on any atom is 0.325 e. The first-order chi connectivity index (χ1) is 12.5. The number of para-hydroxylation sites is 1. The lowest BCUT2D eigenvalue weighted by Gasteiger charge is -2.32. The van der Waals surface area contributed by atoms with Gasteiger partial charge in [0.25, 0.3) is 5.91 Å². The van der Waals surface area contributed by atoms with Crippen LogP contribution in [0.3, 0.4) is 0 Å². The molecule has 2 aromatic rings. The van der Waals surface area contributed by atoms with E-state index >= 15 is 0 Å². The van der Waals surface area contributed by atoms with Gasteiger partial charge in [-0.2, -0.15) is 5.10 Å². The number of benzene rings is 1. The van der Waals surface area contributed by atoms with E-state index in [0.717, 1.165) is 29.8 Å². The van der Waals surface area contributed by atoms with Crippen LogP contribution in [0.5, 0.6) is 5.75 Å². The zero-order chi connectivity index (χ0) is 18.5. The fraction of sp³-hybridized carbons (Fsp3) is 0.421. The minimum absolute atomic E-state index is 0.0189. The Labute approximate surface area is 152 Å². The van der Waals surface area contributed by atoms with Gasteiger partial charge < -0.3 is 14.7 Å². The summed E-state index contributed by atoms with van der Waals surface area (Å²) in [6.45, 7) is 3.11. The van der Waals surface area contributed by atoms with Crippen molar-refractivity contribution >= 4 is 11.9 Å². The minimum atomic E-state index is -0.923. The molecule has 0 bridgehead atoms. The Bertz CT molecular complexity index is 787. The monoisotopic (exact) mass is 357 g/mol. The number of aryl methyl sites for hydroxylation is 1. The van der Waals surface area contributed by atoms with Crippen LogP contribution < -0.4 is 4.74 Å². The van der Waals surface area contributed by atoms with Crippen LogP contribution in [0.15, 0.2) is 36.5 Å². The number of aromatic nitrogens is 2. The summed E-state index contributed by atoms with van der Waals surface area (Å²) in [5, 5.41) is 13.2. The second-order valence-electron chi connectivity index (χ2n) is 6.56. The minimum Gasteiger partial charge on any atom is -0.484 e. The molecule has 1 fully saturated rings. The average molecular weight is 357 g/mol. The predicted molar refractivity (Wildman–Crippen MR) is 95.1 cm³/mol. The molecular weight excluding hydrogens is 334 g/mol. The van der Waals surface area contributed by atoms with Crippen molar-refractivity contribution in [3.8, 4) is 5.75 Å². The number of carbonyl (C=O) groups excluding carboxylic acids is 1. The number of likely N-dealkylation sites (tertiary alicyclic amines) is 1. The SMILES string of the molecule is Cc1ccccc1OCC(=O)N1CCCC(c2ccn(CC(=O)O)n2)C1. The Hall–Kier alpha value is -2.83. The van der Waals surface area contributed by atoms with E-state index < -0.39 is 5.97 Å². The van der Waals surface area contributed by atoms with Gasteiger partial charge in [-0.15, -0.1) is 0 Å². The second kappa shape index (κ2) is 8.03. The third kappa shape index (κ3) is 4.41. The van der Waals surface area contributed by atoms with Gasteiger partial charge in [-0.3, -0.25) is 14.3 Å². The van der Waals surface area contributed by atoms with Gasteiger partial charge in [-0.25, -0.2) is 0 Å². The Morgan fingerprint density at radius 2 is 2.12 bits per heavy atom. The van der Waals surface area contributed by atoms with Crippen molar-refractivity contribution in [1.82, 2.24) is 14.7 Å². The van der Waals surface area contributed by atoms with E-state index in [2.05, 4.69) is 5.10 Å². The Morgan fingerprint density at radius 3 is 2.88 bits per heavy atom. The molecule has 1 unspecified atom stereocenters. The smallest absolute Gasteiger partial charge is 0.325 e. The fourth-order valence-electron chi connectivity index (χ4n) is 3.22. The average Bonchev–Trinajstić information content (AvgIpc) is 3.08. The molecule has 1 N–H and O–H groups in total. The van der Waals surface area contributed by atoms with Crippen molar-refractivity contribution < 1.29 is 19.4 Å². The number of nitrogens with zero attached hydrogens (tertiary/aromatic N) is 3. The normalized spacial score (nSPS) is 17.1. The molecule has 1 aromatic heterocycles. The molecule has 1 aliphatic rings. The number of hydrogen-bond donors (Lipinski definition) is 1. The molecule has 138 valence electrons. The standard InChI is InChI=1S/C19H23N3O4/c1-14-5-2-3-7-17(14)26-13-18(23)21-9-4-6-15(11-21)16-8-10-22(20-16)12-19(24)25/h2-3,5,7-8,10,15H,4,6,9,11-13H2,1H3,(H,24,25). The summed E-state index contributed by atoms with van der Waals surface area (Å²) >= 11 is 0. The summed E-state index contributed by atoms with van der Waals surface area (Å²) in [6, 6.07) is 9.46. The molecule has 0 radical (unpaired) electrons. The first-order valence-corrected chi connectivity index (χ1v) is 8.74. The van der Waals surface area contributed by atoms with Gasteiger partial charge in [0.15, 0.2) is 6.61 Å². The lowest BCUT2D eigenvalue weighted by Crippen LogP contribution is -2.41. The highest BCUT2D eigenvalue weighted by Crippen LogP contribution is 2.26. The first-order valence-electron chi connectivity index (χ1n) is 8.74. The van der Waals surface area contributed by atoms with Crippen molar-refractivity contribution in [1.29, 1.82) is 0 Å². The van der Waals surface area contributed by atoms with Crippen LogP contribution in [0.1, 0.15) is 30.0 Å². The number of piperidine rings is 1. The number of hydrogen-bond acceptors (Lipinski definition) is 4. The third-order valence-corrected chi connectivity index (χ3v) is 4.60. The molecule has 1 aliphatic heterocycles. The lowest BCUT2D eigenvalue weighted by molar-refractivity contribution is -0.138. The molecule has 3 rings (SSSR count). The summed E-state index contributed by atoms with van der Waals surface area (Å²) in [6.07, 6.45) is 3.50. The van der Waals surface area contributed by atoms with E-state index in [-0.39, 0.29) is 25.0 Å². The number of amides is 1. The molecule has 1 saturated heterocycles.